The molecular weight excluding hydrogens is 422 g/mol. The first-order chi connectivity index (χ1) is 13.4. The van der Waals surface area contributed by atoms with Gasteiger partial charge >= 0.3 is 6.03 Å². The van der Waals surface area contributed by atoms with E-state index >= 15 is 0 Å². The molecule has 1 fully saturated rings. The maximum Gasteiger partial charge on any atom is 0.325 e. The van der Waals surface area contributed by atoms with Gasteiger partial charge in [-0.1, -0.05) is 30.3 Å². The summed E-state index contributed by atoms with van der Waals surface area (Å²) in [5, 5.41) is 5.60. The van der Waals surface area contributed by atoms with Crippen molar-refractivity contribution in [1.29, 1.82) is 0 Å². The molecule has 7 heteroatoms. The number of carbonyl (C=O) groups excluding carboxylic acids is 3. The fourth-order valence-electron chi connectivity index (χ4n) is 3.90. The molecule has 2 aliphatic rings. The number of anilines is 1. The molecule has 2 N–H and O–H groups in total. The predicted molar refractivity (Wildman–Crippen MR) is 109 cm³/mol. The molecule has 0 radical (unpaired) electrons. The lowest BCUT2D eigenvalue weighted by Gasteiger charge is -2.32. The van der Waals surface area contributed by atoms with Crippen molar-refractivity contribution in [3.8, 4) is 0 Å². The Morgan fingerprint density at radius 1 is 1.21 bits per heavy atom. The third-order valence-corrected chi connectivity index (χ3v) is 6.03. The van der Waals surface area contributed by atoms with E-state index in [-0.39, 0.29) is 12.5 Å². The number of rotatable bonds is 3. The lowest BCUT2D eigenvalue weighted by Crippen LogP contribution is -2.51. The molecule has 0 saturated carbocycles. The van der Waals surface area contributed by atoms with Crippen LogP contribution < -0.4 is 10.6 Å². The Morgan fingerprint density at radius 3 is 2.71 bits per heavy atom. The Kier molecular flexibility index (Phi) is 4.71. The average molecular weight is 442 g/mol. The molecule has 144 valence electrons. The highest BCUT2D eigenvalue weighted by Gasteiger charge is 2.52. The summed E-state index contributed by atoms with van der Waals surface area (Å²) in [5.74, 6) is -0.744. The number of aryl methyl sites for hydroxylation is 2. The summed E-state index contributed by atoms with van der Waals surface area (Å²) >= 11 is 3.41. The van der Waals surface area contributed by atoms with Crippen LogP contribution in [0.5, 0.6) is 0 Å². The van der Waals surface area contributed by atoms with Gasteiger partial charge in [-0.3, -0.25) is 14.5 Å². The Bertz CT molecular complexity index is 991. The maximum absolute atomic E-state index is 13.1. The molecule has 28 heavy (non-hydrogen) atoms. The minimum absolute atomic E-state index is 0.311. The lowest BCUT2D eigenvalue weighted by atomic mass is 9.78. The van der Waals surface area contributed by atoms with E-state index in [9.17, 15) is 14.4 Å². The zero-order chi connectivity index (χ0) is 19.9. The van der Waals surface area contributed by atoms with Crippen molar-refractivity contribution in [2.45, 2.75) is 31.7 Å². The van der Waals surface area contributed by atoms with Crippen LogP contribution in [-0.2, 0) is 22.4 Å². The highest BCUT2D eigenvalue weighted by Crippen LogP contribution is 2.33. The van der Waals surface area contributed by atoms with E-state index in [1.165, 1.54) is 5.56 Å². The van der Waals surface area contributed by atoms with Crippen LogP contribution in [0.15, 0.2) is 46.9 Å². The van der Waals surface area contributed by atoms with Gasteiger partial charge in [-0.2, -0.15) is 0 Å². The molecule has 2 aromatic rings. The van der Waals surface area contributed by atoms with Crippen LogP contribution in [0.1, 0.15) is 23.1 Å². The van der Waals surface area contributed by atoms with Crippen LogP contribution in [0, 0.1) is 6.92 Å². The van der Waals surface area contributed by atoms with Gasteiger partial charge in [0.15, 0.2) is 0 Å². The largest absolute Gasteiger partial charge is 0.325 e. The standard InChI is InChI=1S/C21H20BrN3O3/c1-13-6-7-17(16(22)10-13)23-18(26)12-25-19(27)21(24-20(25)28)9-8-14-4-2-3-5-15(14)11-21/h2-7,10H,8-9,11-12H2,1H3,(H,23,26)(H,24,28). The highest BCUT2D eigenvalue weighted by molar-refractivity contribution is 9.10. The molecule has 4 rings (SSSR count). The van der Waals surface area contributed by atoms with Gasteiger partial charge in [-0.15, -0.1) is 0 Å². The number of imide groups is 1. The summed E-state index contributed by atoms with van der Waals surface area (Å²) in [5.41, 5.74) is 2.98. The Balaban J connectivity index is 1.48. The van der Waals surface area contributed by atoms with Crippen molar-refractivity contribution >= 4 is 39.5 Å². The molecule has 2 aromatic carbocycles. The number of fused-ring (bicyclic) bond motifs is 1. The molecule has 1 atom stereocenters. The van der Waals surface area contributed by atoms with Crippen molar-refractivity contribution in [1.82, 2.24) is 10.2 Å². The second kappa shape index (κ2) is 7.05. The summed E-state index contributed by atoms with van der Waals surface area (Å²) in [6.45, 7) is 1.64. The number of nitrogens with one attached hydrogen (secondary N) is 2. The van der Waals surface area contributed by atoms with Crippen molar-refractivity contribution in [3.05, 3.63) is 63.6 Å². The SMILES string of the molecule is Cc1ccc(NC(=O)CN2C(=O)NC3(CCc4ccccc4C3)C2=O)c(Br)c1. The number of benzene rings is 2. The molecule has 1 heterocycles. The van der Waals surface area contributed by atoms with E-state index in [4.69, 9.17) is 0 Å². The first kappa shape index (κ1) is 18.7. The summed E-state index contributed by atoms with van der Waals surface area (Å²) in [6, 6.07) is 13.0. The van der Waals surface area contributed by atoms with Gasteiger partial charge in [0.1, 0.15) is 12.1 Å². The minimum Gasteiger partial charge on any atom is -0.323 e. The third-order valence-electron chi connectivity index (χ3n) is 5.38. The summed E-state index contributed by atoms with van der Waals surface area (Å²) in [6.07, 6.45) is 1.71. The number of hydrogen-bond donors (Lipinski definition) is 2. The number of urea groups is 1. The Hall–Kier alpha value is -2.67. The van der Waals surface area contributed by atoms with Crippen LogP contribution in [0.3, 0.4) is 0 Å². The number of hydrogen-bond acceptors (Lipinski definition) is 3. The molecule has 6 nitrogen and oxygen atoms in total. The lowest BCUT2D eigenvalue weighted by molar-refractivity contribution is -0.134. The van der Waals surface area contributed by atoms with E-state index in [0.29, 0.717) is 18.5 Å². The summed E-state index contributed by atoms with van der Waals surface area (Å²) in [4.78, 5) is 39.0. The Labute approximate surface area is 171 Å². The van der Waals surface area contributed by atoms with Crippen LogP contribution in [0.2, 0.25) is 0 Å². The minimum atomic E-state index is -0.948. The van der Waals surface area contributed by atoms with E-state index in [1.807, 2.05) is 43.3 Å². The highest BCUT2D eigenvalue weighted by atomic mass is 79.9. The van der Waals surface area contributed by atoms with Gasteiger partial charge in [0.2, 0.25) is 5.91 Å². The number of amides is 4. The van der Waals surface area contributed by atoms with Crippen LogP contribution >= 0.6 is 15.9 Å². The second-order valence-electron chi connectivity index (χ2n) is 7.38. The number of halogens is 1. The van der Waals surface area contributed by atoms with Crippen molar-refractivity contribution in [3.63, 3.8) is 0 Å². The van der Waals surface area contributed by atoms with Gasteiger partial charge in [0.05, 0.1) is 5.69 Å². The summed E-state index contributed by atoms with van der Waals surface area (Å²) in [7, 11) is 0. The van der Waals surface area contributed by atoms with Crippen molar-refractivity contribution in [2.24, 2.45) is 0 Å². The fourth-order valence-corrected chi connectivity index (χ4v) is 4.49. The number of nitrogens with zero attached hydrogens (tertiary/aromatic N) is 1. The van der Waals surface area contributed by atoms with E-state index in [2.05, 4.69) is 26.6 Å². The van der Waals surface area contributed by atoms with Gasteiger partial charge in [-0.25, -0.2) is 4.79 Å². The molecule has 1 aliphatic heterocycles. The number of carbonyl (C=O) groups is 3. The molecule has 0 aromatic heterocycles. The van der Waals surface area contributed by atoms with Crippen molar-refractivity contribution < 1.29 is 14.4 Å². The molecule has 1 saturated heterocycles. The summed E-state index contributed by atoms with van der Waals surface area (Å²) < 4.78 is 0.749. The topological polar surface area (TPSA) is 78.5 Å². The zero-order valence-electron chi connectivity index (χ0n) is 15.4. The first-order valence-corrected chi connectivity index (χ1v) is 9.94. The average Bonchev–Trinajstić information content (AvgIpc) is 2.88. The smallest absolute Gasteiger partial charge is 0.323 e. The third kappa shape index (κ3) is 3.30. The quantitative estimate of drug-likeness (QED) is 0.717. The van der Waals surface area contributed by atoms with Crippen LogP contribution in [-0.4, -0.2) is 34.8 Å². The first-order valence-electron chi connectivity index (χ1n) is 9.15. The van der Waals surface area contributed by atoms with Gasteiger partial charge in [0, 0.05) is 10.9 Å². The molecule has 0 bridgehead atoms. The molecule has 1 spiro atoms. The molecule has 1 unspecified atom stereocenters. The van der Waals surface area contributed by atoms with Crippen LogP contribution in [0.4, 0.5) is 10.5 Å². The molecular formula is C21H20BrN3O3. The molecule has 1 aliphatic carbocycles. The normalized spacial score (nSPS) is 20.9. The van der Waals surface area contributed by atoms with Gasteiger partial charge < -0.3 is 10.6 Å². The zero-order valence-corrected chi connectivity index (χ0v) is 17.0. The Morgan fingerprint density at radius 2 is 1.96 bits per heavy atom. The molecule has 4 amide bonds. The maximum atomic E-state index is 13.1. The van der Waals surface area contributed by atoms with Crippen LogP contribution in [0.25, 0.3) is 0 Å². The van der Waals surface area contributed by atoms with Gasteiger partial charge in [0.25, 0.3) is 5.91 Å². The fraction of sp³-hybridized carbons (Fsp3) is 0.286. The monoisotopic (exact) mass is 441 g/mol. The van der Waals surface area contributed by atoms with E-state index in [1.54, 1.807) is 6.07 Å². The van der Waals surface area contributed by atoms with E-state index in [0.717, 1.165) is 26.9 Å². The van der Waals surface area contributed by atoms with E-state index < -0.39 is 17.5 Å². The van der Waals surface area contributed by atoms with Crippen molar-refractivity contribution in [2.75, 3.05) is 11.9 Å². The second-order valence-corrected chi connectivity index (χ2v) is 8.23. The predicted octanol–water partition coefficient (Wildman–Crippen LogP) is 3.18. The van der Waals surface area contributed by atoms with Gasteiger partial charge in [-0.05, 0) is 64.5 Å².